The van der Waals surface area contributed by atoms with Crippen molar-refractivity contribution in [1.82, 2.24) is 0 Å². The molecule has 0 saturated heterocycles. The van der Waals surface area contributed by atoms with E-state index in [0.717, 1.165) is 5.56 Å². The third-order valence-corrected chi connectivity index (χ3v) is 2.22. The van der Waals surface area contributed by atoms with Gasteiger partial charge in [-0.1, -0.05) is 35.4 Å². The zero-order valence-electron chi connectivity index (χ0n) is 8.81. The normalized spacial score (nSPS) is 10.9. The third-order valence-electron chi connectivity index (χ3n) is 2.22. The van der Waals surface area contributed by atoms with E-state index in [1.807, 2.05) is 30.3 Å². The minimum Gasteiger partial charge on any atom is -0.207 e. The van der Waals surface area contributed by atoms with Gasteiger partial charge in [0.1, 0.15) is 0 Å². The maximum absolute atomic E-state index is 13.0. The molecule has 0 aromatic heterocycles. The fourth-order valence-electron chi connectivity index (χ4n) is 1.41. The smallest absolute Gasteiger partial charge is 0.207 e. The van der Waals surface area contributed by atoms with Crippen LogP contribution in [0.2, 0.25) is 0 Å². The molecule has 0 fully saturated rings. The maximum atomic E-state index is 13.0. The molecule has 86 valence electrons. The monoisotopic (exact) mass is 225 g/mol. The number of rotatable bonds is 6. The molecule has 16 heavy (non-hydrogen) atoms. The van der Waals surface area contributed by atoms with Crippen LogP contribution in [0.15, 0.2) is 35.4 Å². The Morgan fingerprint density at radius 1 is 1.25 bits per heavy atom. The minimum atomic E-state index is -2.89. The first kappa shape index (κ1) is 12.5. The summed E-state index contributed by atoms with van der Waals surface area (Å²) in [6.07, 6.45) is 0.756. The number of alkyl halides is 2. The predicted octanol–water partition coefficient (Wildman–Crippen LogP) is 3.95. The van der Waals surface area contributed by atoms with Gasteiger partial charge < -0.3 is 0 Å². The van der Waals surface area contributed by atoms with Crippen LogP contribution in [0.4, 0.5) is 8.78 Å². The Hall–Kier alpha value is -1.61. The van der Waals surface area contributed by atoms with E-state index in [9.17, 15) is 8.78 Å². The van der Waals surface area contributed by atoms with Crippen molar-refractivity contribution in [2.75, 3.05) is 6.54 Å². The van der Waals surface area contributed by atoms with Gasteiger partial charge in [-0.15, -0.1) is 0 Å². The first-order chi connectivity index (χ1) is 7.64. The summed E-state index contributed by atoms with van der Waals surface area (Å²) in [7, 11) is 0. The SMILES string of the molecule is [N-]=[N+]=NCC(F)(F)CCCc1ccccc1. The van der Waals surface area contributed by atoms with Crippen LogP contribution >= 0.6 is 0 Å². The van der Waals surface area contributed by atoms with Crippen molar-refractivity contribution in [3.05, 3.63) is 46.3 Å². The lowest BCUT2D eigenvalue weighted by molar-refractivity contribution is 0.000510. The number of hydrogen-bond acceptors (Lipinski definition) is 1. The van der Waals surface area contributed by atoms with Crippen molar-refractivity contribution in [2.45, 2.75) is 25.2 Å². The second-order valence-electron chi connectivity index (χ2n) is 3.58. The van der Waals surface area contributed by atoms with Crippen molar-refractivity contribution in [3.8, 4) is 0 Å². The summed E-state index contributed by atoms with van der Waals surface area (Å²) in [5, 5.41) is 2.90. The summed E-state index contributed by atoms with van der Waals surface area (Å²) < 4.78 is 26.1. The molecule has 0 aliphatic heterocycles. The maximum Gasteiger partial charge on any atom is 0.253 e. The summed E-state index contributed by atoms with van der Waals surface area (Å²) in [6, 6.07) is 9.47. The number of azide groups is 1. The molecule has 1 aromatic carbocycles. The van der Waals surface area contributed by atoms with Crippen molar-refractivity contribution in [1.29, 1.82) is 0 Å². The van der Waals surface area contributed by atoms with Crippen molar-refractivity contribution < 1.29 is 8.78 Å². The number of aryl methyl sites for hydroxylation is 1. The molecule has 0 aliphatic rings. The standard InChI is InChI=1S/C11H13F2N3/c12-11(13,9-15-16-14)8-4-7-10-5-2-1-3-6-10/h1-3,5-6H,4,7-9H2. The molecule has 0 atom stereocenters. The summed E-state index contributed by atoms with van der Waals surface area (Å²) in [5.74, 6) is -2.89. The molecule has 0 heterocycles. The zero-order valence-corrected chi connectivity index (χ0v) is 8.81. The third kappa shape index (κ3) is 4.75. The lowest BCUT2D eigenvalue weighted by Crippen LogP contribution is -2.19. The Morgan fingerprint density at radius 3 is 2.56 bits per heavy atom. The van der Waals surface area contributed by atoms with Crippen LogP contribution in [0.5, 0.6) is 0 Å². The molecule has 3 nitrogen and oxygen atoms in total. The number of halogens is 2. The van der Waals surface area contributed by atoms with E-state index in [4.69, 9.17) is 5.53 Å². The average molecular weight is 225 g/mol. The average Bonchev–Trinajstić information content (AvgIpc) is 2.28. The molecule has 0 radical (unpaired) electrons. The molecule has 0 unspecified atom stereocenters. The Kier molecular flexibility index (Phi) is 4.73. The van der Waals surface area contributed by atoms with Crippen LogP contribution in [0, 0.1) is 0 Å². The molecular weight excluding hydrogens is 212 g/mol. The number of nitrogens with zero attached hydrogens (tertiary/aromatic N) is 3. The van der Waals surface area contributed by atoms with Crippen LogP contribution in [-0.2, 0) is 6.42 Å². The van der Waals surface area contributed by atoms with Crippen molar-refractivity contribution in [3.63, 3.8) is 0 Å². The summed E-state index contributed by atoms with van der Waals surface area (Å²) in [4.78, 5) is 2.33. The lowest BCUT2D eigenvalue weighted by atomic mass is 10.1. The first-order valence-corrected chi connectivity index (χ1v) is 5.07. The second-order valence-corrected chi connectivity index (χ2v) is 3.58. The highest BCUT2D eigenvalue weighted by Crippen LogP contribution is 2.22. The zero-order chi connectivity index (χ0) is 11.9. The highest BCUT2D eigenvalue weighted by Gasteiger charge is 2.26. The molecule has 0 N–H and O–H groups in total. The van der Waals surface area contributed by atoms with Gasteiger partial charge in [-0.25, -0.2) is 8.78 Å². The second kappa shape index (κ2) is 6.08. The van der Waals surface area contributed by atoms with Gasteiger partial charge in [-0.3, -0.25) is 0 Å². The van der Waals surface area contributed by atoms with Gasteiger partial charge in [0.15, 0.2) is 0 Å². The summed E-state index contributed by atoms with van der Waals surface area (Å²) in [5.41, 5.74) is 9.00. The van der Waals surface area contributed by atoms with E-state index in [1.165, 1.54) is 0 Å². The molecule has 0 saturated carbocycles. The van der Waals surface area contributed by atoms with E-state index in [-0.39, 0.29) is 6.42 Å². The first-order valence-electron chi connectivity index (χ1n) is 5.07. The lowest BCUT2D eigenvalue weighted by Gasteiger charge is -2.12. The number of hydrogen-bond donors (Lipinski definition) is 0. The highest BCUT2D eigenvalue weighted by atomic mass is 19.3. The number of benzene rings is 1. The molecular formula is C11H13F2N3. The molecule has 0 spiro atoms. The fourth-order valence-corrected chi connectivity index (χ4v) is 1.41. The topological polar surface area (TPSA) is 48.8 Å². The van der Waals surface area contributed by atoms with Crippen LogP contribution < -0.4 is 0 Å². The molecule has 5 heteroatoms. The Labute approximate surface area is 92.7 Å². The van der Waals surface area contributed by atoms with E-state index in [1.54, 1.807) is 0 Å². The fraction of sp³-hybridized carbons (Fsp3) is 0.455. The van der Waals surface area contributed by atoms with Crippen LogP contribution in [0.1, 0.15) is 18.4 Å². The molecule has 1 rings (SSSR count). The van der Waals surface area contributed by atoms with E-state index >= 15 is 0 Å². The molecule has 0 aliphatic carbocycles. The summed E-state index contributed by atoms with van der Waals surface area (Å²) in [6.45, 7) is -0.752. The minimum absolute atomic E-state index is 0.249. The van der Waals surface area contributed by atoms with Gasteiger partial charge in [0.05, 0.1) is 6.54 Å². The van der Waals surface area contributed by atoms with Gasteiger partial charge >= 0.3 is 0 Å². The van der Waals surface area contributed by atoms with Gasteiger partial charge in [0.25, 0.3) is 5.92 Å². The molecule has 0 bridgehead atoms. The predicted molar refractivity (Wildman–Crippen MR) is 58.3 cm³/mol. The van der Waals surface area contributed by atoms with E-state index < -0.39 is 12.5 Å². The van der Waals surface area contributed by atoms with E-state index in [2.05, 4.69) is 10.0 Å². The van der Waals surface area contributed by atoms with E-state index in [0.29, 0.717) is 12.8 Å². The van der Waals surface area contributed by atoms with Crippen LogP contribution in [-0.4, -0.2) is 12.5 Å². The van der Waals surface area contributed by atoms with Gasteiger partial charge in [-0.05, 0) is 23.9 Å². The Balaban J connectivity index is 2.32. The molecule has 1 aromatic rings. The largest absolute Gasteiger partial charge is 0.253 e. The quantitative estimate of drug-likeness (QED) is 0.400. The van der Waals surface area contributed by atoms with Crippen molar-refractivity contribution >= 4 is 0 Å². The Bertz CT molecular complexity index is 359. The molecule has 0 amide bonds. The van der Waals surface area contributed by atoms with Crippen LogP contribution in [0.25, 0.3) is 10.4 Å². The van der Waals surface area contributed by atoms with Gasteiger partial charge in [0.2, 0.25) is 0 Å². The van der Waals surface area contributed by atoms with Gasteiger partial charge in [-0.2, -0.15) is 0 Å². The van der Waals surface area contributed by atoms with Crippen LogP contribution in [0.3, 0.4) is 0 Å². The summed E-state index contributed by atoms with van der Waals surface area (Å²) >= 11 is 0. The van der Waals surface area contributed by atoms with Gasteiger partial charge in [0, 0.05) is 11.3 Å². The van der Waals surface area contributed by atoms with Crippen molar-refractivity contribution in [2.24, 2.45) is 5.11 Å². The Morgan fingerprint density at radius 2 is 1.94 bits per heavy atom. The highest BCUT2D eigenvalue weighted by molar-refractivity contribution is 5.14.